The van der Waals surface area contributed by atoms with Gasteiger partial charge in [-0.3, -0.25) is 0 Å². The number of rotatable bonds is 9. The van der Waals surface area contributed by atoms with Crippen molar-refractivity contribution in [1.29, 1.82) is 0 Å². The molecule has 0 aliphatic heterocycles. The van der Waals surface area contributed by atoms with Crippen LogP contribution < -0.4 is 4.74 Å². The Kier molecular flexibility index (Phi) is 7.18. The Hall–Kier alpha value is -2.03. The van der Waals surface area contributed by atoms with Crippen LogP contribution in [-0.2, 0) is 4.79 Å². The molecule has 1 aromatic carbocycles. The van der Waals surface area contributed by atoms with Crippen LogP contribution in [0.5, 0.6) is 5.75 Å². The lowest BCUT2D eigenvalue weighted by molar-refractivity contribution is -0.131. The van der Waals surface area contributed by atoms with E-state index in [-0.39, 0.29) is 0 Å². The summed E-state index contributed by atoms with van der Waals surface area (Å²) in [6, 6.07) is 5.78. The second-order valence-corrected chi connectivity index (χ2v) is 4.70. The number of unbranched alkanes of at least 4 members (excludes halogenated alkanes) is 3. The van der Waals surface area contributed by atoms with E-state index in [1.165, 1.54) is 0 Å². The highest BCUT2D eigenvalue weighted by Gasteiger charge is 2.02. The van der Waals surface area contributed by atoms with Gasteiger partial charge in [-0.25, -0.2) is 4.79 Å². The molecule has 0 aromatic heterocycles. The quantitative estimate of drug-likeness (QED) is 0.416. The van der Waals surface area contributed by atoms with Crippen molar-refractivity contribution in [2.45, 2.75) is 32.6 Å². The summed E-state index contributed by atoms with van der Waals surface area (Å²) >= 11 is 0. The first-order valence-corrected chi connectivity index (χ1v) is 6.89. The van der Waals surface area contributed by atoms with Gasteiger partial charge in [0.2, 0.25) is 0 Å². The Labute approximate surface area is 120 Å². The van der Waals surface area contributed by atoms with E-state index in [0.717, 1.165) is 48.6 Å². The van der Waals surface area contributed by atoms with Gasteiger partial charge in [0, 0.05) is 11.6 Å². The molecule has 1 rings (SSSR count). The molecular formula is C17H22O3. The van der Waals surface area contributed by atoms with Crippen LogP contribution >= 0.6 is 0 Å². The molecule has 0 heterocycles. The summed E-state index contributed by atoms with van der Waals surface area (Å²) < 4.78 is 5.73. The topological polar surface area (TPSA) is 46.5 Å². The van der Waals surface area contributed by atoms with E-state index in [4.69, 9.17) is 9.84 Å². The predicted molar refractivity (Wildman–Crippen MR) is 82.0 cm³/mol. The molecule has 0 bridgehead atoms. The fourth-order valence-corrected chi connectivity index (χ4v) is 1.84. The third kappa shape index (κ3) is 6.23. The first-order chi connectivity index (χ1) is 9.63. The molecule has 108 valence electrons. The first-order valence-electron chi connectivity index (χ1n) is 6.89. The Morgan fingerprint density at radius 1 is 1.35 bits per heavy atom. The number of allylic oxidation sites excluding steroid dienone is 1. The number of ether oxygens (including phenoxy) is 1. The Balaban J connectivity index is 2.55. The van der Waals surface area contributed by atoms with Gasteiger partial charge in [-0.1, -0.05) is 17.7 Å². The molecular weight excluding hydrogens is 252 g/mol. The van der Waals surface area contributed by atoms with Gasteiger partial charge >= 0.3 is 5.97 Å². The summed E-state index contributed by atoms with van der Waals surface area (Å²) in [5.74, 6) is -0.223. The first kappa shape index (κ1) is 16.0. The summed E-state index contributed by atoms with van der Waals surface area (Å²) in [6.45, 7) is 6.31. The van der Waals surface area contributed by atoms with Gasteiger partial charge in [-0.2, -0.15) is 0 Å². The van der Waals surface area contributed by atoms with E-state index in [9.17, 15) is 4.79 Å². The van der Waals surface area contributed by atoms with Gasteiger partial charge in [0.1, 0.15) is 5.75 Å². The average molecular weight is 274 g/mol. The molecule has 0 unspecified atom stereocenters. The van der Waals surface area contributed by atoms with E-state index >= 15 is 0 Å². The van der Waals surface area contributed by atoms with Gasteiger partial charge < -0.3 is 9.84 Å². The van der Waals surface area contributed by atoms with E-state index in [1.54, 1.807) is 6.08 Å². The van der Waals surface area contributed by atoms with Crippen LogP contribution in [-0.4, -0.2) is 17.7 Å². The van der Waals surface area contributed by atoms with Crippen LogP contribution in [0, 0.1) is 6.92 Å². The minimum absolute atomic E-state index is 0.647. The summed E-state index contributed by atoms with van der Waals surface area (Å²) in [5.41, 5.74) is 1.88. The molecule has 0 fully saturated rings. The minimum Gasteiger partial charge on any atom is -0.493 e. The Bertz CT molecular complexity index is 475. The molecule has 0 spiro atoms. The molecule has 1 aromatic rings. The summed E-state index contributed by atoms with van der Waals surface area (Å²) in [7, 11) is 0. The number of carbonyl (C=O) groups is 1. The maximum Gasteiger partial charge on any atom is 0.328 e. The van der Waals surface area contributed by atoms with Gasteiger partial charge in [0.15, 0.2) is 0 Å². The molecule has 0 saturated heterocycles. The normalized spacial score (nSPS) is 10.7. The summed E-state index contributed by atoms with van der Waals surface area (Å²) in [6.07, 6.45) is 8.90. The third-order valence-corrected chi connectivity index (χ3v) is 2.88. The third-order valence-electron chi connectivity index (χ3n) is 2.88. The smallest absolute Gasteiger partial charge is 0.328 e. The number of hydrogen-bond donors (Lipinski definition) is 1. The Morgan fingerprint density at radius 2 is 2.15 bits per heavy atom. The summed E-state index contributed by atoms with van der Waals surface area (Å²) in [5, 5.41) is 8.70. The monoisotopic (exact) mass is 274 g/mol. The number of aryl methyl sites for hydroxylation is 1. The van der Waals surface area contributed by atoms with Gasteiger partial charge in [-0.05, 0) is 50.8 Å². The standard InChI is InChI=1S/C17H22O3/c1-3-4-5-6-7-12-20-16-10-8-14(2)13-15(16)9-11-17(18)19/h3,8-11,13H,1,4-7,12H2,2H3,(H,18,19)/b11-9+. The molecule has 3 heteroatoms. The maximum atomic E-state index is 10.6. The minimum atomic E-state index is -0.957. The molecule has 0 aliphatic rings. The maximum absolute atomic E-state index is 10.6. The van der Waals surface area contributed by atoms with E-state index < -0.39 is 5.97 Å². The summed E-state index contributed by atoms with van der Waals surface area (Å²) in [4.78, 5) is 10.6. The van der Waals surface area contributed by atoms with Crippen LogP contribution in [0.25, 0.3) is 6.08 Å². The van der Waals surface area contributed by atoms with Gasteiger partial charge in [0.25, 0.3) is 0 Å². The van der Waals surface area contributed by atoms with E-state index in [0.29, 0.717) is 6.61 Å². The zero-order valence-corrected chi connectivity index (χ0v) is 12.0. The van der Waals surface area contributed by atoms with Crippen molar-refractivity contribution in [3.8, 4) is 5.75 Å². The molecule has 0 aliphatic carbocycles. The highest BCUT2D eigenvalue weighted by molar-refractivity contribution is 5.85. The number of carboxylic acid groups (broad SMARTS) is 1. The van der Waals surface area contributed by atoms with Gasteiger partial charge in [0.05, 0.1) is 6.61 Å². The van der Waals surface area contributed by atoms with Crippen LogP contribution in [0.1, 0.15) is 36.8 Å². The van der Waals surface area contributed by atoms with E-state index in [1.807, 2.05) is 31.2 Å². The van der Waals surface area contributed by atoms with Crippen molar-refractivity contribution in [3.05, 3.63) is 48.1 Å². The average Bonchev–Trinajstić information content (AvgIpc) is 2.42. The number of hydrogen-bond acceptors (Lipinski definition) is 2. The predicted octanol–water partition coefficient (Wildman–Crippen LogP) is 4.22. The fraction of sp³-hybridized carbons (Fsp3) is 0.353. The largest absolute Gasteiger partial charge is 0.493 e. The van der Waals surface area contributed by atoms with Crippen LogP contribution in [0.15, 0.2) is 36.9 Å². The molecule has 3 nitrogen and oxygen atoms in total. The van der Waals surface area contributed by atoms with Crippen LogP contribution in [0.2, 0.25) is 0 Å². The second kappa shape index (κ2) is 8.97. The molecule has 0 saturated carbocycles. The van der Waals surface area contributed by atoms with Crippen molar-refractivity contribution in [1.82, 2.24) is 0 Å². The molecule has 0 atom stereocenters. The van der Waals surface area contributed by atoms with E-state index in [2.05, 4.69) is 6.58 Å². The van der Waals surface area contributed by atoms with Crippen molar-refractivity contribution < 1.29 is 14.6 Å². The van der Waals surface area contributed by atoms with Crippen molar-refractivity contribution >= 4 is 12.0 Å². The lowest BCUT2D eigenvalue weighted by Gasteiger charge is -2.10. The van der Waals surface area contributed by atoms with Crippen LogP contribution in [0.3, 0.4) is 0 Å². The molecule has 20 heavy (non-hydrogen) atoms. The zero-order chi connectivity index (χ0) is 14.8. The van der Waals surface area contributed by atoms with Crippen LogP contribution in [0.4, 0.5) is 0 Å². The lowest BCUT2D eigenvalue weighted by Crippen LogP contribution is -1.99. The highest BCUT2D eigenvalue weighted by Crippen LogP contribution is 2.22. The van der Waals surface area contributed by atoms with Crippen molar-refractivity contribution in [2.75, 3.05) is 6.61 Å². The zero-order valence-electron chi connectivity index (χ0n) is 12.0. The molecule has 1 N–H and O–H groups in total. The number of benzene rings is 1. The lowest BCUT2D eigenvalue weighted by atomic mass is 10.1. The number of aliphatic carboxylic acids is 1. The molecule has 0 amide bonds. The highest BCUT2D eigenvalue weighted by atomic mass is 16.5. The Morgan fingerprint density at radius 3 is 2.85 bits per heavy atom. The van der Waals surface area contributed by atoms with Crippen molar-refractivity contribution in [3.63, 3.8) is 0 Å². The SMILES string of the molecule is C=CCCCCCOc1ccc(C)cc1/C=C/C(=O)O. The van der Waals surface area contributed by atoms with Crippen molar-refractivity contribution in [2.24, 2.45) is 0 Å². The molecule has 0 radical (unpaired) electrons. The number of carboxylic acids is 1. The fourth-order valence-electron chi connectivity index (χ4n) is 1.84. The second-order valence-electron chi connectivity index (χ2n) is 4.70. The van der Waals surface area contributed by atoms with Gasteiger partial charge in [-0.15, -0.1) is 6.58 Å².